The smallest absolute Gasteiger partial charge is 0.363 e. The molecule has 0 N–H and O–H groups in total. The van der Waals surface area contributed by atoms with E-state index in [0.717, 1.165) is 21.2 Å². The first-order valence-corrected chi connectivity index (χ1v) is 13.2. The number of benzene rings is 3. The highest BCUT2D eigenvalue weighted by molar-refractivity contribution is 14.1. The van der Waals surface area contributed by atoms with Gasteiger partial charge in [0, 0.05) is 9.13 Å². The van der Waals surface area contributed by atoms with Crippen LogP contribution in [0.4, 0.5) is 0 Å². The van der Waals surface area contributed by atoms with Crippen LogP contribution in [0, 0.1) is 3.57 Å². The van der Waals surface area contributed by atoms with E-state index in [-0.39, 0.29) is 5.70 Å². The summed E-state index contributed by atoms with van der Waals surface area (Å²) < 4.78 is 19.2. The fraction of sp³-hybridized carbons (Fsp3) is 0.214. The van der Waals surface area contributed by atoms with Gasteiger partial charge in [0.2, 0.25) is 5.90 Å². The summed E-state index contributed by atoms with van der Waals surface area (Å²) in [6, 6.07) is 19.8. The molecule has 0 spiro atoms. The van der Waals surface area contributed by atoms with Crippen molar-refractivity contribution in [1.82, 2.24) is 0 Å². The predicted molar refractivity (Wildman–Crippen MR) is 150 cm³/mol. The van der Waals surface area contributed by atoms with E-state index in [0.29, 0.717) is 36.5 Å². The largest absolute Gasteiger partial charge is 0.490 e. The molecule has 5 nitrogen and oxygen atoms in total. The molecule has 0 bridgehead atoms. The number of cyclic esters (lactones) is 1. The number of carbonyl (C=O) groups excluding carboxylic acids is 1. The van der Waals surface area contributed by atoms with Gasteiger partial charge in [-0.25, -0.2) is 9.79 Å². The highest BCUT2D eigenvalue weighted by Crippen LogP contribution is 2.38. The molecular formula is C28H25BrINO4. The third-order valence-electron chi connectivity index (χ3n) is 5.38. The van der Waals surface area contributed by atoms with Gasteiger partial charge in [0.1, 0.15) is 6.61 Å². The molecule has 4 rings (SSSR count). The zero-order valence-corrected chi connectivity index (χ0v) is 23.4. The molecular weight excluding hydrogens is 621 g/mol. The molecule has 1 aliphatic heterocycles. The number of rotatable bonds is 8. The monoisotopic (exact) mass is 645 g/mol. The van der Waals surface area contributed by atoms with Gasteiger partial charge in [0.05, 0.1) is 11.1 Å². The van der Waals surface area contributed by atoms with E-state index in [1.54, 1.807) is 6.08 Å². The topological polar surface area (TPSA) is 57.1 Å². The Hall–Kier alpha value is -2.65. The minimum absolute atomic E-state index is 0.231. The van der Waals surface area contributed by atoms with Crippen LogP contribution in [-0.2, 0) is 16.1 Å². The Labute approximate surface area is 227 Å². The normalized spacial score (nSPS) is 14.3. The van der Waals surface area contributed by atoms with Crippen LogP contribution in [0.2, 0.25) is 0 Å². The summed E-state index contributed by atoms with van der Waals surface area (Å²) in [7, 11) is 0. The van der Waals surface area contributed by atoms with Crippen molar-refractivity contribution in [2.24, 2.45) is 4.99 Å². The molecule has 180 valence electrons. The first-order valence-electron chi connectivity index (χ1n) is 11.3. The van der Waals surface area contributed by atoms with Gasteiger partial charge in [-0.1, -0.05) is 38.1 Å². The van der Waals surface area contributed by atoms with Gasteiger partial charge in [-0.05, 0) is 111 Å². The fourth-order valence-corrected chi connectivity index (χ4v) is 4.45. The summed E-state index contributed by atoms with van der Waals surface area (Å²) in [5.41, 5.74) is 4.01. The molecule has 35 heavy (non-hydrogen) atoms. The van der Waals surface area contributed by atoms with E-state index in [4.69, 9.17) is 14.2 Å². The van der Waals surface area contributed by atoms with Crippen LogP contribution in [0.5, 0.6) is 11.5 Å². The van der Waals surface area contributed by atoms with Gasteiger partial charge in [0.25, 0.3) is 0 Å². The molecule has 0 unspecified atom stereocenters. The van der Waals surface area contributed by atoms with Crippen LogP contribution < -0.4 is 9.47 Å². The maximum atomic E-state index is 12.5. The summed E-state index contributed by atoms with van der Waals surface area (Å²) >= 11 is 5.87. The average molecular weight is 646 g/mol. The number of hydrogen-bond acceptors (Lipinski definition) is 5. The second kappa shape index (κ2) is 11.4. The molecule has 0 fully saturated rings. The molecule has 0 aliphatic carbocycles. The van der Waals surface area contributed by atoms with Crippen molar-refractivity contribution in [2.75, 3.05) is 6.61 Å². The third kappa shape index (κ3) is 6.32. The van der Waals surface area contributed by atoms with E-state index in [9.17, 15) is 4.79 Å². The highest BCUT2D eigenvalue weighted by atomic mass is 127. The van der Waals surface area contributed by atoms with Crippen LogP contribution in [0.25, 0.3) is 6.08 Å². The summed E-state index contributed by atoms with van der Waals surface area (Å²) in [6.07, 6.45) is 1.69. The van der Waals surface area contributed by atoms with Gasteiger partial charge in [-0.3, -0.25) is 0 Å². The molecule has 0 radical (unpaired) electrons. The van der Waals surface area contributed by atoms with Crippen LogP contribution >= 0.6 is 38.5 Å². The number of halogens is 2. The van der Waals surface area contributed by atoms with Gasteiger partial charge in [-0.15, -0.1) is 0 Å². The Morgan fingerprint density at radius 2 is 1.77 bits per heavy atom. The third-order valence-corrected chi connectivity index (χ3v) is 6.68. The van der Waals surface area contributed by atoms with Gasteiger partial charge < -0.3 is 14.2 Å². The molecule has 0 aromatic heterocycles. The average Bonchev–Trinajstić information content (AvgIpc) is 3.20. The lowest BCUT2D eigenvalue weighted by atomic mass is 10.0. The van der Waals surface area contributed by atoms with E-state index in [1.807, 2.05) is 67.6 Å². The zero-order valence-electron chi connectivity index (χ0n) is 19.7. The SMILES string of the molecule is CCOc1cc(/C=C2\N=C(c3ccc(C(C)C)cc3)OC2=O)cc(Br)c1OCc1ccc(I)cc1. The number of hydrogen-bond donors (Lipinski definition) is 0. The number of ether oxygens (including phenoxy) is 3. The number of carbonyl (C=O) groups is 1. The van der Waals surface area contributed by atoms with Crippen LogP contribution in [0.15, 0.2) is 75.8 Å². The Morgan fingerprint density at radius 3 is 2.43 bits per heavy atom. The van der Waals surface area contributed by atoms with Crippen LogP contribution in [0.3, 0.4) is 0 Å². The van der Waals surface area contributed by atoms with Gasteiger partial charge in [-0.2, -0.15) is 0 Å². The lowest BCUT2D eigenvalue weighted by Gasteiger charge is -2.15. The van der Waals surface area contributed by atoms with Crippen LogP contribution in [0.1, 0.15) is 48.9 Å². The molecule has 0 saturated carbocycles. The summed E-state index contributed by atoms with van der Waals surface area (Å²) in [5.74, 6) is 1.43. The minimum Gasteiger partial charge on any atom is -0.490 e. The van der Waals surface area contributed by atoms with Crippen molar-refractivity contribution < 1.29 is 19.0 Å². The molecule has 0 amide bonds. The van der Waals surface area contributed by atoms with E-state index >= 15 is 0 Å². The number of nitrogens with zero attached hydrogens (tertiary/aromatic N) is 1. The molecule has 0 saturated heterocycles. The summed E-state index contributed by atoms with van der Waals surface area (Å²) in [5, 5.41) is 0. The highest BCUT2D eigenvalue weighted by Gasteiger charge is 2.24. The first-order chi connectivity index (χ1) is 16.8. The lowest BCUT2D eigenvalue weighted by Crippen LogP contribution is -2.05. The Bertz CT molecular complexity index is 1280. The summed E-state index contributed by atoms with van der Waals surface area (Å²) in [6.45, 7) is 7.07. The fourth-order valence-electron chi connectivity index (χ4n) is 3.51. The molecule has 1 aliphatic rings. The maximum absolute atomic E-state index is 12.5. The first kappa shape index (κ1) is 25.4. The maximum Gasteiger partial charge on any atom is 0.363 e. The van der Waals surface area contributed by atoms with Crippen molar-refractivity contribution in [3.05, 3.63) is 96.7 Å². The summed E-state index contributed by atoms with van der Waals surface area (Å²) in [4.78, 5) is 16.9. The van der Waals surface area contributed by atoms with Crippen molar-refractivity contribution in [2.45, 2.75) is 33.3 Å². The molecule has 0 atom stereocenters. The van der Waals surface area contributed by atoms with E-state index < -0.39 is 5.97 Å². The van der Waals surface area contributed by atoms with Gasteiger partial charge >= 0.3 is 5.97 Å². The molecule has 7 heteroatoms. The van der Waals surface area contributed by atoms with Crippen LogP contribution in [-0.4, -0.2) is 18.5 Å². The predicted octanol–water partition coefficient (Wildman–Crippen LogP) is 7.50. The standard InChI is InChI=1S/C28H25BrINO4/c1-4-33-25-15-19(13-23(29)26(25)34-16-18-5-11-22(30)12-6-18)14-24-28(32)35-27(31-24)21-9-7-20(8-10-21)17(2)3/h5-15,17H,4,16H2,1-3H3/b24-14-. The molecule has 3 aromatic rings. The number of esters is 1. The zero-order chi connectivity index (χ0) is 24.9. The Morgan fingerprint density at radius 1 is 1.06 bits per heavy atom. The Balaban J connectivity index is 1.58. The van der Waals surface area contributed by atoms with Crippen molar-refractivity contribution >= 4 is 56.5 Å². The minimum atomic E-state index is -0.485. The second-order valence-corrected chi connectivity index (χ2v) is 10.4. The second-order valence-electron chi connectivity index (χ2n) is 8.29. The molecule has 1 heterocycles. The molecule has 3 aromatic carbocycles. The van der Waals surface area contributed by atoms with Crippen molar-refractivity contribution in [3.63, 3.8) is 0 Å². The number of aliphatic imine (C=N–C) groups is 1. The van der Waals surface area contributed by atoms with E-state index in [2.05, 4.69) is 57.4 Å². The van der Waals surface area contributed by atoms with Gasteiger partial charge in [0.15, 0.2) is 17.2 Å². The quantitative estimate of drug-likeness (QED) is 0.145. The lowest BCUT2D eigenvalue weighted by molar-refractivity contribution is -0.129. The van der Waals surface area contributed by atoms with Crippen molar-refractivity contribution in [1.29, 1.82) is 0 Å². The Kier molecular flexibility index (Phi) is 8.28. The van der Waals surface area contributed by atoms with Crippen molar-refractivity contribution in [3.8, 4) is 11.5 Å². The van der Waals surface area contributed by atoms with E-state index in [1.165, 1.54) is 9.13 Å².